The van der Waals surface area contributed by atoms with Crippen molar-refractivity contribution in [2.24, 2.45) is 17.3 Å². The zero-order chi connectivity index (χ0) is 20.5. The maximum atomic E-state index is 15.0. The zero-order valence-electron chi connectivity index (χ0n) is 14.4. The molecule has 10 heteroatoms. The fourth-order valence-electron chi connectivity index (χ4n) is 5.53. The summed E-state index contributed by atoms with van der Waals surface area (Å²) in [5.74, 6) is -27.2. The number of hydrogen-bond acceptors (Lipinski definition) is 2. The van der Waals surface area contributed by atoms with Crippen LogP contribution in [0.3, 0.4) is 0 Å². The van der Waals surface area contributed by atoms with E-state index in [0.29, 0.717) is 0 Å². The van der Waals surface area contributed by atoms with E-state index in [1.165, 1.54) is 0 Å². The normalized spacial score (nSPS) is 42.0. The van der Waals surface area contributed by atoms with Gasteiger partial charge in [-0.15, -0.1) is 0 Å². The second-order valence-corrected chi connectivity index (χ2v) is 8.18. The lowest BCUT2D eigenvalue weighted by Gasteiger charge is -2.52. The van der Waals surface area contributed by atoms with Gasteiger partial charge in [0.25, 0.3) is 0 Å². The quantitative estimate of drug-likeness (QED) is 0.652. The fourth-order valence-corrected chi connectivity index (χ4v) is 5.53. The third-order valence-corrected chi connectivity index (χ3v) is 6.90. The molecule has 0 heterocycles. The van der Waals surface area contributed by atoms with Crippen molar-refractivity contribution in [3.05, 3.63) is 0 Å². The third kappa shape index (κ3) is 2.37. The number of alkyl halides is 8. The standard InChI is InChI=1S/C17H22F8O2/c18-14(19)13(9-1-5-11(26)6-2-9,10-3-7-12(27)8-4-10)15(20,21)17(24,25)16(14,22)23/h9-12,26-27H,1-8H2. The second-order valence-electron chi connectivity index (χ2n) is 8.18. The van der Waals surface area contributed by atoms with Crippen molar-refractivity contribution in [2.45, 2.75) is 87.3 Å². The van der Waals surface area contributed by atoms with Crippen molar-refractivity contribution in [3.8, 4) is 0 Å². The number of aliphatic hydroxyl groups is 2. The first-order valence-electron chi connectivity index (χ1n) is 9.12. The van der Waals surface area contributed by atoms with Crippen LogP contribution in [0.2, 0.25) is 0 Å². The first-order valence-corrected chi connectivity index (χ1v) is 9.12. The molecule has 158 valence electrons. The molecule has 0 unspecified atom stereocenters. The van der Waals surface area contributed by atoms with E-state index in [4.69, 9.17) is 0 Å². The van der Waals surface area contributed by atoms with Gasteiger partial charge in [0.1, 0.15) is 5.41 Å². The van der Waals surface area contributed by atoms with Gasteiger partial charge in [-0.2, -0.15) is 35.1 Å². The van der Waals surface area contributed by atoms with Crippen LogP contribution in [0.25, 0.3) is 0 Å². The van der Waals surface area contributed by atoms with Crippen LogP contribution in [0.5, 0.6) is 0 Å². The highest BCUT2D eigenvalue weighted by atomic mass is 19.4. The zero-order valence-corrected chi connectivity index (χ0v) is 14.4. The van der Waals surface area contributed by atoms with E-state index in [0.717, 1.165) is 0 Å². The highest BCUT2D eigenvalue weighted by Crippen LogP contribution is 2.78. The van der Waals surface area contributed by atoms with Crippen LogP contribution in [0.15, 0.2) is 0 Å². The molecule has 0 aromatic rings. The molecule has 3 aliphatic carbocycles. The van der Waals surface area contributed by atoms with Gasteiger partial charge in [-0.1, -0.05) is 0 Å². The summed E-state index contributed by atoms with van der Waals surface area (Å²) < 4.78 is 116. The predicted octanol–water partition coefficient (Wildman–Crippen LogP) is 4.63. The number of rotatable bonds is 2. The molecule has 2 N–H and O–H groups in total. The van der Waals surface area contributed by atoms with E-state index in [9.17, 15) is 45.3 Å². The third-order valence-electron chi connectivity index (χ3n) is 6.90. The van der Waals surface area contributed by atoms with Crippen molar-refractivity contribution in [2.75, 3.05) is 0 Å². The van der Waals surface area contributed by atoms with Crippen LogP contribution >= 0.6 is 0 Å². The second kappa shape index (κ2) is 6.18. The monoisotopic (exact) mass is 410 g/mol. The molecule has 3 fully saturated rings. The minimum absolute atomic E-state index is 0.189. The maximum absolute atomic E-state index is 15.0. The molecule has 27 heavy (non-hydrogen) atoms. The molecule has 0 atom stereocenters. The van der Waals surface area contributed by atoms with Crippen molar-refractivity contribution in [1.82, 2.24) is 0 Å². The summed E-state index contributed by atoms with van der Waals surface area (Å²) in [6.07, 6.45) is -4.52. The number of aliphatic hydroxyl groups excluding tert-OH is 2. The fraction of sp³-hybridized carbons (Fsp3) is 1.00. The van der Waals surface area contributed by atoms with Crippen LogP contribution in [-0.4, -0.2) is 46.1 Å². The van der Waals surface area contributed by atoms with Crippen molar-refractivity contribution < 1.29 is 45.3 Å². The van der Waals surface area contributed by atoms with Gasteiger partial charge in [-0.25, -0.2) is 0 Å². The highest BCUT2D eigenvalue weighted by Gasteiger charge is 3.00. The molecule has 0 aromatic carbocycles. The largest absolute Gasteiger partial charge is 0.393 e. The Morgan fingerprint density at radius 1 is 0.444 bits per heavy atom. The number of halogens is 8. The Balaban J connectivity index is 2.19. The molecule has 3 aliphatic rings. The molecular formula is C17H22F8O2. The molecule has 0 amide bonds. The van der Waals surface area contributed by atoms with Crippen molar-refractivity contribution >= 4 is 0 Å². The minimum Gasteiger partial charge on any atom is -0.393 e. The van der Waals surface area contributed by atoms with Crippen LogP contribution in [0, 0.1) is 17.3 Å². The lowest BCUT2D eigenvalue weighted by atomic mass is 9.54. The number of hydrogen-bond donors (Lipinski definition) is 2. The topological polar surface area (TPSA) is 40.5 Å². The summed E-state index contributed by atoms with van der Waals surface area (Å²) in [5, 5.41) is 19.1. The average molecular weight is 410 g/mol. The summed E-state index contributed by atoms with van der Waals surface area (Å²) in [6.45, 7) is 0. The molecule has 0 bridgehead atoms. The summed E-state index contributed by atoms with van der Waals surface area (Å²) in [4.78, 5) is 0. The summed E-state index contributed by atoms with van der Waals surface area (Å²) >= 11 is 0. The first-order chi connectivity index (χ1) is 12.2. The minimum atomic E-state index is -6.20. The van der Waals surface area contributed by atoms with E-state index in [1.54, 1.807) is 0 Å². The van der Waals surface area contributed by atoms with Crippen LogP contribution in [0.4, 0.5) is 35.1 Å². The predicted molar refractivity (Wildman–Crippen MR) is 78.2 cm³/mol. The Hall–Kier alpha value is -0.640. The van der Waals surface area contributed by atoms with Crippen LogP contribution in [0.1, 0.15) is 51.4 Å². The Kier molecular flexibility index (Phi) is 4.82. The Bertz CT molecular complexity index is 513. The Morgan fingerprint density at radius 2 is 0.704 bits per heavy atom. The van der Waals surface area contributed by atoms with Gasteiger partial charge in [0.15, 0.2) is 0 Å². The van der Waals surface area contributed by atoms with Crippen LogP contribution in [-0.2, 0) is 0 Å². The average Bonchev–Trinajstić information content (AvgIpc) is 2.63. The maximum Gasteiger partial charge on any atom is 0.379 e. The van der Waals surface area contributed by atoms with Gasteiger partial charge in [0.05, 0.1) is 12.2 Å². The van der Waals surface area contributed by atoms with Gasteiger partial charge in [0.2, 0.25) is 0 Å². The molecule has 0 radical (unpaired) electrons. The smallest absolute Gasteiger partial charge is 0.379 e. The summed E-state index contributed by atoms with van der Waals surface area (Å²) in [7, 11) is 0. The lowest BCUT2D eigenvalue weighted by Crippen LogP contribution is -2.61. The van der Waals surface area contributed by atoms with E-state index in [-0.39, 0.29) is 25.7 Å². The van der Waals surface area contributed by atoms with Crippen molar-refractivity contribution in [3.63, 3.8) is 0 Å². The van der Waals surface area contributed by atoms with E-state index >= 15 is 0 Å². The Labute approximate surface area is 150 Å². The summed E-state index contributed by atoms with van der Waals surface area (Å²) in [5.41, 5.74) is -3.92. The van der Waals surface area contributed by atoms with Crippen LogP contribution < -0.4 is 0 Å². The molecule has 0 spiro atoms. The van der Waals surface area contributed by atoms with E-state index in [1.807, 2.05) is 0 Å². The molecule has 3 rings (SSSR count). The van der Waals surface area contributed by atoms with Gasteiger partial charge in [0, 0.05) is 0 Å². The van der Waals surface area contributed by atoms with Gasteiger partial charge >= 0.3 is 23.7 Å². The summed E-state index contributed by atoms with van der Waals surface area (Å²) in [6, 6.07) is 0. The lowest BCUT2D eigenvalue weighted by molar-refractivity contribution is -0.303. The molecule has 0 saturated heterocycles. The van der Waals surface area contributed by atoms with E-state index in [2.05, 4.69) is 0 Å². The van der Waals surface area contributed by atoms with Crippen molar-refractivity contribution in [1.29, 1.82) is 0 Å². The SMILES string of the molecule is OC1CCC(C2(C3CCC(O)CC3)C(F)(F)C(F)(F)C(F)(F)C2(F)F)CC1. The molecule has 0 aromatic heterocycles. The van der Waals surface area contributed by atoms with Gasteiger partial charge in [-0.3, -0.25) is 0 Å². The first kappa shape index (κ1) is 21.1. The van der Waals surface area contributed by atoms with Gasteiger partial charge < -0.3 is 10.2 Å². The highest BCUT2D eigenvalue weighted by molar-refractivity contribution is 5.28. The van der Waals surface area contributed by atoms with Gasteiger partial charge in [-0.05, 0) is 63.2 Å². The molecule has 2 nitrogen and oxygen atoms in total. The molecule has 3 saturated carbocycles. The molecular weight excluding hydrogens is 388 g/mol. The Morgan fingerprint density at radius 3 is 0.963 bits per heavy atom. The molecule has 0 aliphatic heterocycles. The van der Waals surface area contributed by atoms with E-state index < -0.39 is 78.8 Å².